The van der Waals surface area contributed by atoms with Crippen molar-refractivity contribution in [2.45, 2.75) is 0 Å². The van der Waals surface area contributed by atoms with Gasteiger partial charge in [-0.1, -0.05) is 43.0 Å². The van der Waals surface area contributed by atoms with Crippen LogP contribution in [0.15, 0.2) is 72.4 Å². The molecule has 0 bridgehead atoms. The van der Waals surface area contributed by atoms with Crippen LogP contribution in [0.1, 0.15) is 5.56 Å². The lowest BCUT2D eigenvalue weighted by Gasteiger charge is -1.98. The molecule has 0 atom stereocenters. The lowest BCUT2D eigenvalue weighted by Crippen LogP contribution is -1.91. The van der Waals surface area contributed by atoms with Gasteiger partial charge in [0, 0.05) is 6.20 Å². The monoisotopic (exact) mass is 246 g/mol. The van der Waals surface area contributed by atoms with Crippen molar-refractivity contribution in [1.82, 2.24) is 4.57 Å². The molecule has 0 saturated carbocycles. The molecule has 92 valence electrons. The molecule has 0 N–H and O–H groups in total. The Kier molecular flexibility index (Phi) is 2.99. The van der Waals surface area contributed by atoms with E-state index in [2.05, 4.69) is 29.8 Å². The Morgan fingerprint density at radius 1 is 0.947 bits per heavy atom. The van der Waals surface area contributed by atoms with Crippen LogP contribution in [0.3, 0.4) is 0 Å². The molecule has 19 heavy (non-hydrogen) atoms. The molecule has 3 aromatic rings. The van der Waals surface area contributed by atoms with Crippen molar-refractivity contribution in [2.24, 2.45) is 4.99 Å². The molecule has 1 aromatic heterocycles. The fourth-order valence-electron chi connectivity index (χ4n) is 2.03. The summed E-state index contributed by atoms with van der Waals surface area (Å²) in [6, 6.07) is 18.3. The average Bonchev–Trinajstić information content (AvgIpc) is 2.89. The molecule has 0 amide bonds. The molecule has 0 aliphatic heterocycles. The van der Waals surface area contributed by atoms with Crippen LogP contribution in [0.4, 0.5) is 5.69 Å². The average molecular weight is 246 g/mol. The van der Waals surface area contributed by atoms with E-state index in [9.17, 15) is 0 Å². The number of hydrogen-bond acceptors (Lipinski definition) is 1. The first-order valence-corrected chi connectivity index (χ1v) is 6.19. The van der Waals surface area contributed by atoms with Gasteiger partial charge in [-0.3, -0.25) is 0 Å². The normalized spacial score (nSPS) is 11.2. The van der Waals surface area contributed by atoms with Gasteiger partial charge in [0.1, 0.15) is 0 Å². The van der Waals surface area contributed by atoms with Crippen LogP contribution in [-0.4, -0.2) is 10.9 Å². The second-order valence-electron chi connectivity index (χ2n) is 4.32. The Morgan fingerprint density at radius 3 is 2.53 bits per heavy atom. The first kappa shape index (κ1) is 11.5. The fraction of sp³-hybridized carbons (Fsp3) is 0. The second-order valence-corrected chi connectivity index (χ2v) is 4.32. The lowest BCUT2D eigenvalue weighted by molar-refractivity contribution is 1.25. The van der Waals surface area contributed by atoms with E-state index in [0.717, 1.165) is 16.8 Å². The predicted molar refractivity (Wildman–Crippen MR) is 82.0 cm³/mol. The van der Waals surface area contributed by atoms with Crippen molar-refractivity contribution < 1.29 is 0 Å². The van der Waals surface area contributed by atoms with Crippen molar-refractivity contribution in [3.8, 4) is 0 Å². The highest BCUT2D eigenvalue weighted by Gasteiger charge is 1.96. The summed E-state index contributed by atoms with van der Waals surface area (Å²) in [6.45, 7) is 3.74. The molecule has 3 rings (SSSR count). The zero-order chi connectivity index (χ0) is 13.1. The molecule has 0 spiro atoms. The molecule has 2 nitrogen and oxygen atoms in total. The van der Waals surface area contributed by atoms with Gasteiger partial charge in [-0.05, 0) is 35.2 Å². The van der Waals surface area contributed by atoms with Crippen molar-refractivity contribution in [2.75, 3.05) is 0 Å². The fourth-order valence-corrected chi connectivity index (χ4v) is 2.03. The van der Waals surface area contributed by atoms with Gasteiger partial charge in [-0.15, -0.1) is 0 Å². The Bertz CT molecular complexity index is 733. The Morgan fingerprint density at radius 2 is 1.74 bits per heavy atom. The quantitative estimate of drug-likeness (QED) is 0.478. The van der Waals surface area contributed by atoms with Gasteiger partial charge in [0.05, 0.1) is 17.5 Å². The third-order valence-corrected chi connectivity index (χ3v) is 3.09. The van der Waals surface area contributed by atoms with Crippen LogP contribution >= 0.6 is 0 Å². The van der Waals surface area contributed by atoms with Crippen LogP contribution in [0.2, 0.25) is 0 Å². The second kappa shape index (κ2) is 4.94. The number of nitrogens with zero attached hydrogens (tertiary/aromatic N) is 2. The van der Waals surface area contributed by atoms with Crippen LogP contribution in [0.25, 0.3) is 17.0 Å². The number of benzene rings is 2. The maximum absolute atomic E-state index is 4.48. The summed E-state index contributed by atoms with van der Waals surface area (Å²) >= 11 is 0. The van der Waals surface area contributed by atoms with Crippen molar-refractivity contribution in [3.05, 3.63) is 72.9 Å². The number of hydrogen-bond donors (Lipinski definition) is 0. The number of para-hydroxylation sites is 1. The summed E-state index contributed by atoms with van der Waals surface area (Å²) < 4.78 is 2.02. The van der Waals surface area contributed by atoms with Gasteiger partial charge in [0.25, 0.3) is 0 Å². The van der Waals surface area contributed by atoms with Crippen LogP contribution in [0, 0.1) is 0 Å². The van der Waals surface area contributed by atoms with E-state index in [4.69, 9.17) is 0 Å². The van der Waals surface area contributed by atoms with Gasteiger partial charge < -0.3 is 4.57 Å². The van der Waals surface area contributed by atoms with Crippen molar-refractivity contribution in [1.29, 1.82) is 0 Å². The van der Waals surface area contributed by atoms with Gasteiger partial charge in [0.15, 0.2) is 0 Å². The lowest BCUT2D eigenvalue weighted by atomic mass is 10.2. The van der Waals surface area contributed by atoms with Crippen LogP contribution in [-0.2, 0) is 0 Å². The smallest absolute Gasteiger partial charge is 0.0998 e. The Labute approximate surface area is 112 Å². The Hall–Kier alpha value is -2.61. The van der Waals surface area contributed by atoms with E-state index < -0.39 is 0 Å². The summed E-state index contributed by atoms with van der Waals surface area (Å²) in [7, 11) is 0. The van der Waals surface area contributed by atoms with E-state index in [0.29, 0.717) is 0 Å². The van der Waals surface area contributed by atoms with Crippen molar-refractivity contribution >= 4 is 29.0 Å². The molecule has 0 saturated heterocycles. The minimum Gasteiger partial charge on any atom is -0.307 e. The van der Waals surface area contributed by atoms with Gasteiger partial charge in [-0.25, -0.2) is 4.99 Å². The van der Waals surface area contributed by atoms with E-state index in [-0.39, 0.29) is 0 Å². The topological polar surface area (TPSA) is 17.3 Å². The van der Waals surface area contributed by atoms with E-state index in [1.165, 1.54) is 5.39 Å². The number of fused-ring (bicyclic) bond motifs is 1. The number of aromatic nitrogens is 1. The minimum atomic E-state index is 0.934. The van der Waals surface area contributed by atoms with Gasteiger partial charge in [-0.2, -0.15) is 0 Å². The molecular weight excluding hydrogens is 232 g/mol. The summed E-state index contributed by atoms with van der Waals surface area (Å²) in [5.74, 6) is 0. The maximum Gasteiger partial charge on any atom is 0.0998 e. The highest BCUT2D eigenvalue weighted by molar-refractivity contribution is 5.86. The molecule has 2 aromatic carbocycles. The van der Waals surface area contributed by atoms with Gasteiger partial charge >= 0.3 is 0 Å². The summed E-state index contributed by atoms with van der Waals surface area (Å²) in [6.07, 6.45) is 5.68. The third-order valence-electron chi connectivity index (χ3n) is 3.09. The Balaban J connectivity index is 1.91. The largest absolute Gasteiger partial charge is 0.307 e. The zero-order valence-corrected chi connectivity index (χ0v) is 10.5. The molecule has 0 aliphatic carbocycles. The molecule has 1 heterocycles. The standard InChI is InChI=1S/C17H14N2/c1-2-14-7-9-16(10-8-14)18-13-19-12-11-15-5-3-4-6-17(15)19/h2-13H,1H2. The molecule has 2 heteroatoms. The molecule has 0 aliphatic rings. The van der Waals surface area contributed by atoms with Gasteiger partial charge in [0.2, 0.25) is 0 Å². The van der Waals surface area contributed by atoms with E-state index >= 15 is 0 Å². The summed E-state index contributed by atoms with van der Waals surface area (Å²) in [5, 5.41) is 1.22. The van der Waals surface area contributed by atoms with Crippen molar-refractivity contribution in [3.63, 3.8) is 0 Å². The first-order chi connectivity index (χ1) is 9.36. The molecular formula is C17H14N2. The predicted octanol–water partition coefficient (Wildman–Crippen LogP) is 4.49. The molecule has 0 unspecified atom stereocenters. The zero-order valence-electron chi connectivity index (χ0n) is 10.5. The third kappa shape index (κ3) is 2.33. The SMILES string of the molecule is C=Cc1ccc(N=Cn2ccc3ccccc32)cc1. The van der Waals surface area contributed by atoms with Crippen LogP contribution in [0.5, 0.6) is 0 Å². The number of rotatable bonds is 3. The van der Waals surface area contributed by atoms with E-state index in [1.54, 1.807) is 0 Å². The first-order valence-electron chi connectivity index (χ1n) is 6.19. The maximum atomic E-state index is 4.48. The summed E-state index contributed by atoms with van der Waals surface area (Å²) in [4.78, 5) is 4.48. The highest BCUT2D eigenvalue weighted by Crippen LogP contribution is 2.16. The summed E-state index contributed by atoms with van der Waals surface area (Å²) in [5.41, 5.74) is 3.20. The molecule has 0 radical (unpaired) electrons. The van der Waals surface area contributed by atoms with Crippen LogP contribution < -0.4 is 0 Å². The number of aliphatic imine (C=N–C) groups is 1. The molecule has 0 fully saturated rings. The highest BCUT2D eigenvalue weighted by atomic mass is 15.0. The van der Waals surface area contributed by atoms with E-state index in [1.807, 2.05) is 59.6 Å². The minimum absolute atomic E-state index is 0.934.